The third-order valence-electron chi connectivity index (χ3n) is 9.82. The van der Waals surface area contributed by atoms with Crippen molar-refractivity contribution in [1.29, 1.82) is 0 Å². The summed E-state index contributed by atoms with van der Waals surface area (Å²) in [6.45, 7) is 3.44. The van der Waals surface area contributed by atoms with Gasteiger partial charge in [-0.15, -0.1) is 0 Å². The molecule has 59 heavy (non-hydrogen) atoms. The number of benzene rings is 4. The predicted octanol–water partition coefficient (Wildman–Crippen LogP) is 6.57. The number of piperazine rings is 2. The first-order chi connectivity index (χ1) is 28.5. The Bertz CT molecular complexity index is 2440. The second-order valence-electron chi connectivity index (χ2n) is 13.6. The van der Waals surface area contributed by atoms with E-state index >= 15 is 0 Å². The zero-order chi connectivity index (χ0) is 41.6. The predicted molar refractivity (Wildman–Crippen MR) is 215 cm³/mol. The molecule has 2 aliphatic rings. The maximum absolute atomic E-state index is 13.5. The number of methoxy groups -OCH3 is 2. The van der Waals surface area contributed by atoms with Crippen molar-refractivity contribution in [3.05, 3.63) is 108 Å². The van der Waals surface area contributed by atoms with Gasteiger partial charge in [0.1, 0.15) is 23.3 Å². The number of amides is 4. The van der Waals surface area contributed by atoms with Gasteiger partial charge in [0.2, 0.25) is 5.82 Å². The van der Waals surface area contributed by atoms with E-state index in [-0.39, 0.29) is 29.6 Å². The number of carbonyl (C=O) groups is 2. The van der Waals surface area contributed by atoms with Crippen LogP contribution in [0.1, 0.15) is 0 Å². The zero-order valence-corrected chi connectivity index (χ0v) is 32.4. The molecule has 0 radical (unpaired) electrons. The summed E-state index contributed by atoms with van der Waals surface area (Å²) in [6, 6.07) is 20.9. The average Bonchev–Trinajstić information content (AvgIpc) is 3.24. The SMILES string of the molecule is COc1nc2ccccc2nc1N(C)C(=O)N1CCN(c2cc(F)cc(F)c2)CC1.COc1nc2ccccc2nc1NC(=O)N1CCN(c2cc(F)cc(F)c2)CC1. The molecule has 0 bridgehead atoms. The monoisotopic (exact) mass is 812 g/mol. The van der Waals surface area contributed by atoms with E-state index in [2.05, 4.69) is 25.3 Å². The molecular weight excluding hydrogens is 773 g/mol. The fourth-order valence-electron chi connectivity index (χ4n) is 6.79. The van der Waals surface area contributed by atoms with Crippen LogP contribution in [0.5, 0.6) is 11.8 Å². The van der Waals surface area contributed by atoms with E-state index in [9.17, 15) is 27.2 Å². The molecule has 14 nitrogen and oxygen atoms in total. The second-order valence-corrected chi connectivity index (χ2v) is 13.6. The summed E-state index contributed by atoms with van der Waals surface area (Å²) in [7, 11) is 4.57. The van der Waals surface area contributed by atoms with Crippen molar-refractivity contribution in [3.63, 3.8) is 0 Å². The van der Waals surface area contributed by atoms with E-state index in [1.54, 1.807) is 22.9 Å². The molecule has 306 valence electrons. The van der Waals surface area contributed by atoms with E-state index in [1.807, 2.05) is 52.3 Å². The summed E-state index contributed by atoms with van der Waals surface area (Å²) in [6.07, 6.45) is 0. The zero-order valence-electron chi connectivity index (χ0n) is 32.4. The normalized spacial score (nSPS) is 14.2. The maximum atomic E-state index is 13.5. The molecule has 2 fully saturated rings. The van der Waals surface area contributed by atoms with Gasteiger partial charge in [-0.05, 0) is 48.5 Å². The number of ether oxygens (including phenoxy) is 2. The number of para-hydroxylation sites is 4. The fraction of sp³-hybridized carbons (Fsp3) is 0.268. The molecule has 8 rings (SSSR count). The van der Waals surface area contributed by atoms with Crippen molar-refractivity contribution < 1.29 is 36.6 Å². The molecule has 0 spiro atoms. The van der Waals surface area contributed by atoms with Crippen molar-refractivity contribution in [2.24, 2.45) is 0 Å². The molecule has 0 aliphatic carbocycles. The minimum Gasteiger partial charge on any atom is -0.478 e. The number of nitrogens with one attached hydrogen (secondary N) is 1. The number of carbonyl (C=O) groups excluding carboxylic acids is 2. The number of rotatable bonds is 6. The van der Waals surface area contributed by atoms with Gasteiger partial charge in [0.25, 0.3) is 11.8 Å². The van der Waals surface area contributed by atoms with Gasteiger partial charge in [-0.25, -0.2) is 47.1 Å². The molecule has 4 amide bonds. The van der Waals surface area contributed by atoms with Crippen molar-refractivity contribution in [3.8, 4) is 11.8 Å². The Morgan fingerprint density at radius 1 is 0.576 bits per heavy atom. The van der Waals surface area contributed by atoms with E-state index in [4.69, 9.17) is 9.47 Å². The van der Waals surface area contributed by atoms with Crippen LogP contribution in [-0.4, -0.2) is 115 Å². The Labute approximate surface area is 336 Å². The minimum atomic E-state index is -0.623. The fourth-order valence-corrected chi connectivity index (χ4v) is 6.79. The standard InChI is InChI=1S/C21H21F2N5O2.C20H19F2N5O2/c1-26(19-20(30-2)25-18-6-4-3-5-17(18)24-19)21(29)28-9-7-27(8-10-28)16-12-14(22)11-15(23)13-16;1-29-19-18(23-16-4-2-3-5-17(16)24-19)25-20(28)27-8-6-26(7-9-27)15-11-13(21)10-14(22)12-15/h3-6,11-13H,7-10H2,1-2H3;2-5,10-12H,6-9H2,1H3,(H,23,25,28). The largest absolute Gasteiger partial charge is 0.478 e. The van der Waals surface area contributed by atoms with Crippen molar-refractivity contribution in [1.82, 2.24) is 29.7 Å². The van der Waals surface area contributed by atoms with Gasteiger partial charge in [-0.2, -0.15) is 0 Å². The van der Waals surface area contributed by atoms with Crippen LogP contribution in [0.4, 0.5) is 50.2 Å². The molecule has 2 aromatic heterocycles. The van der Waals surface area contributed by atoms with Crippen LogP contribution >= 0.6 is 0 Å². The van der Waals surface area contributed by atoms with Crippen molar-refractivity contribution in [2.45, 2.75) is 0 Å². The van der Waals surface area contributed by atoms with E-state index in [0.717, 1.165) is 12.1 Å². The molecule has 0 saturated carbocycles. The van der Waals surface area contributed by atoms with Crippen LogP contribution in [0.25, 0.3) is 22.1 Å². The van der Waals surface area contributed by atoms with E-state index in [1.165, 1.54) is 43.4 Å². The van der Waals surface area contributed by atoms with Gasteiger partial charge >= 0.3 is 12.1 Å². The van der Waals surface area contributed by atoms with Gasteiger partial charge in [-0.3, -0.25) is 10.2 Å². The van der Waals surface area contributed by atoms with Gasteiger partial charge in [0, 0.05) is 82.9 Å². The number of hydrogen-bond acceptors (Lipinski definition) is 10. The number of nitrogens with zero attached hydrogens (tertiary/aromatic N) is 9. The third kappa shape index (κ3) is 9.27. The number of urea groups is 2. The second kappa shape index (κ2) is 17.7. The van der Waals surface area contributed by atoms with Crippen LogP contribution in [-0.2, 0) is 0 Å². The Morgan fingerprint density at radius 2 is 0.983 bits per heavy atom. The third-order valence-corrected chi connectivity index (χ3v) is 9.82. The van der Waals surface area contributed by atoms with E-state index in [0.29, 0.717) is 91.6 Å². The summed E-state index contributed by atoms with van der Waals surface area (Å²) in [5.74, 6) is -1.43. The van der Waals surface area contributed by atoms with Crippen LogP contribution in [0.3, 0.4) is 0 Å². The molecule has 2 saturated heterocycles. The number of anilines is 4. The molecule has 4 heterocycles. The highest BCUT2D eigenvalue weighted by Gasteiger charge is 2.28. The van der Waals surface area contributed by atoms with Gasteiger partial charge in [0.15, 0.2) is 5.82 Å². The lowest BCUT2D eigenvalue weighted by Crippen LogP contribution is -2.52. The van der Waals surface area contributed by atoms with Crippen LogP contribution in [0.2, 0.25) is 0 Å². The maximum Gasteiger partial charge on any atom is 0.325 e. The van der Waals surface area contributed by atoms with Crippen molar-refractivity contribution in [2.75, 3.05) is 93.6 Å². The van der Waals surface area contributed by atoms with E-state index < -0.39 is 23.3 Å². The molecule has 6 aromatic rings. The quantitative estimate of drug-likeness (QED) is 0.185. The number of halogens is 4. The lowest BCUT2D eigenvalue weighted by molar-refractivity contribution is 0.202. The first-order valence-electron chi connectivity index (χ1n) is 18.6. The Kier molecular flexibility index (Phi) is 12.0. The van der Waals surface area contributed by atoms with Crippen LogP contribution < -0.4 is 29.5 Å². The first kappa shape index (κ1) is 40.2. The van der Waals surface area contributed by atoms with Gasteiger partial charge < -0.3 is 29.1 Å². The summed E-state index contributed by atoms with van der Waals surface area (Å²) >= 11 is 0. The lowest BCUT2D eigenvalue weighted by Gasteiger charge is -2.37. The highest BCUT2D eigenvalue weighted by Crippen LogP contribution is 2.28. The molecular formula is C41H40F4N10O4. The average molecular weight is 813 g/mol. The smallest absolute Gasteiger partial charge is 0.325 e. The molecule has 0 unspecified atom stereocenters. The summed E-state index contributed by atoms with van der Waals surface area (Å²) < 4.78 is 64.5. The molecule has 4 aromatic carbocycles. The number of aromatic nitrogens is 4. The van der Waals surface area contributed by atoms with Crippen LogP contribution in [0.15, 0.2) is 84.9 Å². The summed E-state index contributed by atoms with van der Waals surface area (Å²) in [5.41, 5.74) is 3.57. The first-order valence-corrected chi connectivity index (χ1v) is 18.6. The highest BCUT2D eigenvalue weighted by molar-refractivity contribution is 5.93. The molecule has 2 aliphatic heterocycles. The Hall–Kier alpha value is -6.98. The molecule has 1 N–H and O–H groups in total. The Balaban J connectivity index is 0.000000179. The molecule has 18 heteroatoms. The summed E-state index contributed by atoms with van der Waals surface area (Å²) in [4.78, 5) is 51.9. The minimum absolute atomic E-state index is 0.228. The number of fused-ring (bicyclic) bond motifs is 2. The lowest BCUT2D eigenvalue weighted by atomic mass is 10.2. The number of hydrogen-bond donors (Lipinski definition) is 1. The van der Waals surface area contributed by atoms with Gasteiger partial charge in [-0.1, -0.05) is 24.3 Å². The molecule has 0 atom stereocenters. The van der Waals surface area contributed by atoms with Crippen molar-refractivity contribution >= 4 is 57.1 Å². The highest BCUT2D eigenvalue weighted by atomic mass is 19.1. The van der Waals surface area contributed by atoms with Gasteiger partial charge in [0.05, 0.1) is 36.3 Å². The Morgan fingerprint density at radius 3 is 1.44 bits per heavy atom. The van der Waals surface area contributed by atoms with Crippen LogP contribution in [0, 0.1) is 23.3 Å². The summed E-state index contributed by atoms with van der Waals surface area (Å²) in [5, 5.41) is 2.75. The topological polar surface area (TPSA) is 132 Å².